The zero-order valence-corrected chi connectivity index (χ0v) is 43.2. The average Bonchev–Trinajstić information content (AvgIpc) is 4.02. The summed E-state index contributed by atoms with van der Waals surface area (Å²) in [5.41, 5.74) is 14.3. The fourth-order valence-electron chi connectivity index (χ4n) is 8.50. The van der Waals surface area contributed by atoms with Crippen molar-refractivity contribution in [3.8, 4) is 33.4 Å². The maximum atomic E-state index is 4.93. The normalized spacial score (nSPS) is 12.8. The second-order valence-electron chi connectivity index (χ2n) is 18.6. The molecule has 8 aromatic rings. The van der Waals surface area contributed by atoms with Gasteiger partial charge in [0.25, 0.3) is 0 Å². The zero-order valence-electron chi connectivity index (χ0n) is 38.3. The Balaban J connectivity index is 0.000000155. The minimum absolute atomic E-state index is 0.144. The van der Waals surface area contributed by atoms with Crippen LogP contribution in [0.15, 0.2) is 152 Å². The van der Waals surface area contributed by atoms with E-state index in [0.717, 1.165) is 9.52 Å². The van der Waals surface area contributed by atoms with Crippen LogP contribution >= 0.6 is 17.0 Å². The first kappa shape index (κ1) is 47.7. The standard InChI is InChI=1S/2C23H27.C12H7Si.2ClH.Zr/c2*1-6-16(2)18-14-17-10-9-12-19(21(17)15-18)20-11-7-8-13-22(20)23(3,4)5;1-3-7-11-9(5-1)10-6-2-4-8-12(10)13-11;;;/h2*7-16H,6H2,1-5H3;1-7H;2*1H;/q3*-1;;;+2/p-2. The zero-order chi connectivity index (χ0) is 44.6. The molecular weight excluding hydrogens is 887 g/mol. The summed E-state index contributed by atoms with van der Waals surface area (Å²) in [5.74, 6) is 1.24. The molecule has 0 nitrogen and oxygen atoms in total. The Morgan fingerprint density at radius 2 is 0.935 bits per heavy atom. The number of halogens is 2. The van der Waals surface area contributed by atoms with E-state index in [1.54, 1.807) is 0 Å². The van der Waals surface area contributed by atoms with E-state index in [1.165, 1.54) is 100 Å². The molecule has 1 heterocycles. The van der Waals surface area contributed by atoms with Crippen LogP contribution in [-0.4, -0.2) is 9.52 Å². The Labute approximate surface area is 394 Å². The Kier molecular flexibility index (Phi) is 16.4. The van der Waals surface area contributed by atoms with Crippen LogP contribution in [0.3, 0.4) is 0 Å². The summed E-state index contributed by atoms with van der Waals surface area (Å²) in [4.78, 5) is 0. The minimum Gasteiger partial charge on any atom is -0.184 e. The van der Waals surface area contributed by atoms with Gasteiger partial charge in [-0.1, -0.05) is 189 Å². The molecule has 1 aliphatic rings. The maximum absolute atomic E-state index is 4.93. The maximum Gasteiger partial charge on any atom is 0.0920 e. The second-order valence-corrected chi connectivity index (χ2v) is 23.6. The molecule has 0 spiro atoms. The van der Waals surface area contributed by atoms with Crippen molar-refractivity contribution in [3.05, 3.63) is 180 Å². The third kappa shape index (κ3) is 11.1. The first-order valence-corrected chi connectivity index (χ1v) is 29.4. The van der Waals surface area contributed by atoms with Gasteiger partial charge in [0, 0.05) is 0 Å². The molecule has 9 rings (SSSR count). The van der Waals surface area contributed by atoms with Gasteiger partial charge in [-0.25, -0.2) is 0 Å². The number of hydrogen-bond donors (Lipinski definition) is 0. The van der Waals surface area contributed by atoms with E-state index in [2.05, 4.69) is 221 Å². The predicted octanol–water partition coefficient (Wildman–Crippen LogP) is 16.6. The van der Waals surface area contributed by atoms with Crippen molar-refractivity contribution in [2.45, 2.75) is 105 Å². The van der Waals surface area contributed by atoms with Crippen LogP contribution in [0.25, 0.3) is 54.9 Å². The topological polar surface area (TPSA) is 0 Å². The molecule has 0 N–H and O–H groups in total. The first-order chi connectivity index (χ1) is 29.7. The number of fused-ring (bicyclic) bond motifs is 5. The van der Waals surface area contributed by atoms with Crippen LogP contribution in [0, 0.1) is 6.07 Å². The third-order valence-corrected chi connectivity index (χ3v) is 13.7. The smallest absolute Gasteiger partial charge is 0.0920 e. The van der Waals surface area contributed by atoms with Crippen molar-refractivity contribution in [1.29, 1.82) is 0 Å². The first-order valence-electron chi connectivity index (χ1n) is 22.1. The molecule has 0 saturated heterocycles. The molecular formula is C58H61Cl2SiZr-3. The second kappa shape index (κ2) is 21.3. The molecule has 0 aromatic heterocycles. The summed E-state index contributed by atoms with van der Waals surface area (Å²) in [6, 6.07) is 58.8. The quantitative estimate of drug-likeness (QED) is 0.115. The van der Waals surface area contributed by atoms with Crippen molar-refractivity contribution in [2.24, 2.45) is 0 Å². The van der Waals surface area contributed by atoms with E-state index in [9.17, 15) is 0 Å². The number of rotatable bonds is 6. The summed E-state index contributed by atoms with van der Waals surface area (Å²) >= 11 is -0.826. The van der Waals surface area contributed by atoms with Gasteiger partial charge >= 0.3 is 37.9 Å². The molecule has 0 amide bonds. The molecule has 2 unspecified atom stereocenters. The number of benzene rings is 6. The number of hydrogen-bond acceptors (Lipinski definition) is 0. The Morgan fingerprint density at radius 3 is 1.39 bits per heavy atom. The van der Waals surface area contributed by atoms with Crippen molar-refractivity contribution in [2.75, 3.05) is 0 Å². The minimum atomic E-state index is -0.826. The third-order valence-electron chi connectivity index (χ3n) is 12.3. The Morgan fingerprint density at radius 1 is 0.532 bits per heavy atom. The molecule has 0 bridgehead atoms. The molecule has 62 heavy (non-hydrogen) atoms. The van der Waals surface area contributed by atoms with Crippen LogP contribution < -0.4 is 10.4 Å². The molecule has 2 atom stereocenters. The van der Waals surface area contributed by atoms with E-state index in [1.807, 2.05) is 6.07 Å². The summed E-state index contributed by atoms with van der Waals surface area (Å²) in [6.07, 6.45) is 2.37. The van der Waals surface area contributed by atoms with Gasteiger partial charge in [0.05, 0.1) is 9.52 Å². The van der Waals surface area contributed by atoms with Crippen molar-refractivity contribution >= 4 is 58.5 Å². The van der Waals surface area contributed by atoms with Crippen LogP contribution in [0.1, 0.15) is 116 Å². The van der Waals surface area contributed by atoms with Crippen LogP contribution in [0.4, 0.5) is 0 Å². The van der Waals surface area contributed by atoms with E-state index >= 15 is 0 Å². The Hall–Kier alpha value is -3.78. The van der Waals surface area contributed by atoms with Gasteiger partial charge in [-0.15, -0.1) is 74.6 Å². The van der Waals surface area contributed by atoms with Gasteiger partial charge in [-0.05, 0) is 44.9 Å². The van der Waals surface area contributed by atoms with E-state index in [4.69, 9.17) is 17.0 Å². The van der Waals surface area contributed by atoms with E-state index in [-0.39, 0.29) is 10.8 Å². The van der Waals surface area contributed by atoms with Crippen LogP contribution in [-0.2, 0) is 31.7 Å². The van der Waals surface area contributed by atoms with Crippen molar-refractivity contribution < 1.29 is 20.8 Å². The van der Waals surface area contributed by atoms with Gasteiger partial charge in [-0.2, -0.15) is 41.6 Å². The summed E-state index contributed by atoms with van der Waals surface area (Å²) in [6.45, 7) is 22.9. The van der Waals surface area contributed by atoms with Crippen LogP contribution in [0.2, 0.25) is 0 Å². The van der Waals surface area contributed by atoms with Gasteiger partial charge in [0.15, 0.2) is 0 Å². The SMILES string of the molecule is CCC(C)c1cc2c(-c3ccccc3C(C)(C)C)cccc2[cH-]1.CCC(C)c1cc2c(-c3ccccc3C(C)(C)C)cccc2[cH-]1.[Cl][Zr][Cl].[c-]1cccc2c1[Si]c1ccccc1-2. The van der Waals surface area contributed by atoms with Gasteiger partial charge in [0.2, 0.25) is 0 Å². The molecule has 8 aromatic carbocycles. The predicted molar refractivity (Wildman–Crippen MR) is 272 cm³/mol. The van der Waals surface area contributed by atoms with Gasteiger partial charge < -0.3 is 0 Å². The monoisotopic (exact) mass is 945 g/mol. The van der Waals surface area contributed by atoms with Crippen molar-refractivity contribution in [1.82, 2.24) is 0 Å². The Bertz CT molecular complexity index is 2520. The molecule has 2 radical (unpaired) electrons. The fourth-order valence-corrected chi connectivity index (χ4v) is 9.81. The molecule has 1 aliphatic heterocycles. The molecule has 0 saturated carbocycles. The summed E-state index contributed by atoms with van der Waals surface area (Å²) < 4.78 is 0. The average molecular weight is 948 g/mol. The molecule has 318 valence electrons. The fraction of sp³-hybridized carbons (Fsp3) is 0.276. The molecule has 0 aliphatic carbocycles. The summed E-state index contributed by atoms with van der Waals surface area (Å²) in [7, 11) is 10.7. The van der Waals surface area contributed by atoms with Crippen molar-refractivity contribution in [3.63, 3.8) is 0 Å². The van der Waals surface area contributed by atoms with E-state index in [0.29, 0.717) is 11.8 Å². The van der Waals surface area contributed by atoms with Gasteiger partial charge in [0.1, 0.15) is 0 Å². The van der Waals surface area contributed by atoms with Crippen LogP contribution in [0.5, 0.6) is 0 Å². The molecule has 4 heteroatoms. The van der Waals surface area contributed by atoms with Gasteiger partial charge in [-0.3, -0.25) is 0 Å². The van der Waals surface area contributed by atoms with E-state index < -0.39 is 20.8 Å². The molecule has 0 fully saturated rings. The summed E-state index contributed by atoms with van der Waals surface area (Å²) in [5, 5.41) is 8.32. The largest absolute Gasteiger partial charge is 0.184 e.